The maximum absolute atomic E-state index is 13.4. The highest BCUT2D eigenvalue weighted by molar-refractivity contribution is 5.89. The molecular formula is C12H15FN2O3. The maximum atomic E-state index is 13.4. The lowest BCUT2D eigenvalue weighted by molar-refractivity contribution is -0.00486. The quantitative estimate of drug-likeness (QED) is 0.829. The first kappa shape index (κ1) is 12.8. The number of hydrogen-bond donors (Lipinski definition) is 2. The molecule has 0 bridgehead atoms. The fraction of sp³-hybridized carbons (Fsp3) is 0.417. The summed E-state index contributed by atoms with van der Waals surface area (Å²) >= 11 is 0. The van der Waals surface area contributed by atoms with Crippen LogP contribution in [0.2, 0.25) is 0 Å². The average Bonchev–Trinajstić information content (AvgIpc) is 2.41. The molecule has 1 fully saturated rings. The van der Waals surface area contributed by atoms with Gasteiger partial charge in [-0.05, 0) is 12.1 Å². The molecular weight excluding hydrogens is 239 g/mol. The summed E-state index contributed by atoms with van der Waals surface area (Å²) in [6, 6.07) is 5.14. The van der Waals surface area contributed by atoms with E-state index in [-0.39, 0.29) is 18.3 Å². The van der Waals surface area contributed by atoms with E-state index in [4.69, 9.17) is 9.84 Å². The Morgan fingerprint density at radius 2 is 2.33 bits per heavy atom. The van der Waals surface area contributed by atoms with Crippen LogP contribution >= 0.6 is 0 Å². The number of anilines is 1. The SMILES string of the molecule is O=C(Nc1ccccc1F)N1CCOCC1CO. The Morgan fingerprint density at radius 1 is 1.56 bits per heavy atom. The number of rotatable bonds is 2. The average molecular weight is 254 g/mol. The fourth-order valence-electron chi connectivity index (χ4n) is 1.82. The van der Waals surface area contributed by atoms with Gasteiger partial charge in [-0.3, -0.25) is 0 Å². The number of ether oxygens (including phenoxy) is 1. The van der Waals surface area contributed by atoms with Crippen LogP contribution in [0.25, 0.3) is 0 Å². The van der Waals surface area contributed by atoms with Gasteiger partial charge in [0.1, 0.15) is 5.82 Å². The first-order valence-electron chi connectivity index (χ1n) is 5.73. The first-order valence-corrected chi connectivity index (χ1v) is 5.73. The molecule has 1 unspecified atom stereocenters. The normalized spacial score (nSPS) is 19.7. The number of nitrogens with one attached hydrogen (secondary N) is 1. The van der Waals surface area contributed by atoms with Crippen molar-refractivity contribution in [2.75, 3.05) is 31.7 Å². The maximum Gasteiger partial charge on any atom is 0.322 e. The van der Waals surface area contributed by atoms with Crippen molar-refractivity contribution in [3.8, 4) is 0 Å². The van der Waals surface area contributed by atoms with Crippen LogP contribution in [0.15, 0.2) is 24.3 Å². The van der Waals surface area contributed by atoms with Crippen LogP contribution in [0.4, 0.5) is 14.9 Å². The second-order valence-electron chi connectivity index (χ2n) is 4.01. The van der Waals surface area contributed by atoms with Crippen molar-refractivity contribution in [2.45, 2.75) is 6.04 Å². The van der Waals surface area contributed by atoms with E-state index in [1.54, 1.807) is 12.1 Å². The summed E-state index contributed by atoms with van der Waals surface area (Å²) < 4.78 is 18.6. The molecule has 0 radical (unpaired) electrons. The zero-order valence-corrected chi connectivity index (χ0v) is 9.80. The fourth-order valence-corrected chi connectivity index (χ4v) is 1.82. The first-order chi connectivity index (χ1) is 8.72. The Hall–Kier alpha value is -1.66. The van der Waals surface area contributed by atoms with Gasteiger partial charge in [0.25, 0.3) is 0 Å². The number of aliphatic hydroxyl groups excluding tert-OH is 1. The van der Waals surface area contributed by atoms with Gasteiger partial charge < -0.3 is 20.1 Å². The summed E-state index contributed by atoms with van der Waals surface area (Å²) in [6.07, 6.45) is 0. The lowest BCUT2D eigenvalue weighted by Crippen LogP contribution is -2.52. The number of urea groups is 1. The number of para-hydroxylation sites is 1. The van der Waals surface area contributed by atoms with Crippen LogP contribution in [0.3, 0.4) is 0 Å². The minimum Gasteiger partial charge on any atom is -0.394 e. The van der Waals surface area contributed by atoms with Crippen molar-refractivity contribution in [3.63, 3.8) is 0 Å². The molecule has 2 rings (SSSR count). The van der Waals surface area contributed by atoms with E-state index in [0.29, 0.717) is 19.8 Å². The minimum absolute atomic E-state index is 0.130. The van der Waals surface area contributed by atoms with E-state index in [0.717, 1.165) is 0 Å². The zero-order valence-electron chi connectivity index (χ0n) is 9.80. The second kappa shape index (κ2) is 5.79. The Labute approximate surface area is 104 Å². The number of carbonyl (C=O) groups is 1. The summed E-state index contributed by atoms with van der Waals surface area (Å²) in [5.74, 6) is -0.486. The van der Waals surface area contributed by atoms with Crippen LogP contribution in [0, 0.1) is 5.82 Å². The molecule has 0 saturated carbocycles. The molecule has 1 saturated heterocycles. The van der Waals surface area contributed by atoms with Crippen molar-refractivity contribution >= 4 is 11.7 Å². The third kappa shape index (κ3) is 2.77. The van der Waals surface area contributed by atoms with Crippen molar-refractivity contribution in [3.05, 3.63) is 30.1 Å². The Kier molecular flexibility index (Phi) is 4.11. The molecule has 1 heterocycles. The molecule has 1 aliphatic rings. The van der Waals surface area contributed by atoms with Gasteiger partial charge in [-0.15, -0.1) is 0 Å². The summed E-state index contributed by atoms with van der Waals surface area (Å²) in [4.78, 5) is 13.4. The number of carbonyl (C=O) groups excluding carboxylic acids is 1. The zero-order chi connectivity index (χ0) is 13.0. The van der Waals surface area contributed by atoms with E-state index in [1.807, 2.05) is 0 Å². The van der Waals surface area contributed by atoms with Gasteiger partial charge in [0.2, 0.25) is 0 Å². The minimum atomic E-state index is -0.486. The standard InChI is InChI=1S/C12H15FN2O3/c13-10-3-1-2-4-11(10)14-12(17)15-5-6-18-8-9(15)7-16/h1-4,9,16H,5-8H2,(H,14,17). The molecule has 0 aromatic heterocycles. The molecule has 2 N–H and O–H groups in total. The largest absolute Gasteiger partial charge is 0.394 e. The van der Waals surface area contributed by atoms with Gasteiger partial charge in [0.15, 0.2) is 0 Å². The smallest absolute Gasteiger partial charge is 0.322 e. The summed E-state index contributed by atoms with van der Waals surface area (Å²) in [5.41, 5.74) is 0.130. The van der Waals surface area contributed by atoms with Gasteiger partial charge in [0, 0.05) is 6.54 Å². The van der Waals surface area contributed by atoms with Gasteiger partial charge in [-0.2, -0.15) is 0 Å². The van der Waals surface area contributed by atoms with E-state index in [2.05, 4.69) is 5.32 Å². The molecule has 6 heteroatoms. The Bertz CT molecular complexity index is 428. The van der Waals surface area contributed by atoms with Crippen molar-refractivity contribution in [1.82, 2.24) is 4.90 Å². The Balaban J connectivity index is 2.05. The highest BCUT2D eigenvalue weighted by Crippen LogP contribution is 2.15. The van der Waals surface area contributed by atoms with Crippen LogP contribution in [0.1, 0.15) is 0 Å². The highest BCUT2D eigenvalue weighted by atomic mass is 19.1. The topological polar surface area (TPSA) is 61.8 Å². The Morgan fingerprint density at radius 3 is 3.06 bits per heavy atom. The van der Waals surface area contributed by atoms with Crippen LogP contribution in [-0.4, -0.2) is 48.4 Å². The monoisotopic (exact) mass is 254 g/mol. The molecule has 1 aliphatic heterocycles. The third-order valence-corrected chi connectivity index (χ3v) is 2.81. The van der Waals surface area contributed by atoms with Gasteiger partial charge in [-0.1, -0.05) is 12.1 Å². The molecule has 1 atom stereocenters. The number of nitrogens with zero attached hydrogens (tertiary/aromatic N) is 1. The van der Waals surface area contributed by atoms with Gasteiger partial charge in [-0.25, -0.2) is 9.18 Å². The summed E-state index contributed by atoms with van der Waals surface area (Å²) in [7, 11) is 0. The number of morpholine rings is 1. The van der Waals surface area contributed by atoms with Crippen LogP contribution < -0.4 is 5.32 Å². The summed E-state index contributed by atoms with van der Waals surface area (Å²) in [6.45, 7) is 0.915. The predicted molar refractivity (Wildman–Crippen MR) is 63.8 cm³/mol. The van der Waals surface area contributed by atoms with Gasteiger partial charge in [0.05, 0.1) is 31.5 Å². The van der Waals surface area contributed by atoms with Crippen molar-refractivity contribution in [2.24, 2.45) is 0 Å². The lowest BCUT2D eigenvalue weighted by atomic mass is 10.2. The van der Waals surface area contributed by atoms with Crippen molar-refractivity contribution in [1.29, 1.82) is 0 Å². The predicted octanol–water partition coefficient (Wildman–Crippen LogP) is 1.05. The molecule has 2 amide bonds. The van der Waals surface area contributed by atoms with E-state index >= 15 is 0 Å². The molecule has 5 nitrogen and oxygen atoms in total. The number of amides is 2. The van der Waals surface area contributed by atoms with Crippen LogP contribution in [-0.2, 0) is 4.74 Å². The van der Waals surface area contributed by atoms with E-state index in [1.165, 1.54) is 17.0 Å². The van der Waals surface area contributed by atoms with Crippen LogP contribution in [0.5, 0.6) is 0 Å². The highest BCUT2D eigenvalue weighted by Gasteiger charge is 2.27. The molecule has 0 spiro atoms. The number of aliphatic hydroxyl groups is 1. The van der Waals surface area contributed by atoms with E-state index < -0.39 is 11.8 Å². The molecule has 18 heavy (non-hydrogen) atoms. The van der Waals surface area contributed by atoms with Gasteiger partial charge >= 0.3 is 6.03 Å². The summed E-state index contributed by atoms with van der Waals surface area (Å²) in [5, 5.41) is 11.6. The van der Waals surface area contributed by atoms with Crippen molar-refractivity contribution < 1.29 is 19.0 Å². The third-order valence-electron chi connectivity index (χ3n) is 2.81. The number of halogens is 1. The molecule has 0 aliphatic carbocycles. The molecule has 98 valence electrons. The number of benzene rings is 1. The van der Waals surface area contributed by atoms with E-state index in [9.17, 15) is 9.18 Å². The second-order valence-corrected chi connectivity index (χ2v) is 4.01. The number of hydrogen-bond acceptors (Lipinski definition) is 3. The molecule has 1 aromatic carbocycles. The molecule has 1 aromatic rings. The lowest BCUT2D eigenvalue weighted by Gasteiger charge is -2.34.